The van der Waals surface area contributed by atoms with Gasteiger partial charge in [0.1, 0.15) is 0 Å². The topological polar surface area (TPSA) is 29.1 Å². The summed E-state index contributed by atoms with van der Waals surface area (Å²) in [5.74, 6) is 0.0133. The van der Waals surface area contributed by atoms with Crippen molar-refractivity contribution in [2.24, 2.45) is 0 Å². The molecule has 1 amide bonds. The molecule has 0 aromatic carbocycles. The van der Waals surface area contributed by atoms with E-state index in [0.717, 1.165) is 17.8 Å². The Morgan fingerprint density at radius 2 is 1.95 bits per heavy atom. The normalized spacial score (nSPS) is 11.0. The minimum Gasteiger partial charge on any atom is -0.353 e. The number of hydrogen-bond donors (Lipinski definition) is 1. The molecule has 0 radical (unpaired) electrons. The molecule has 1 aromatic heterocycles. The lowest BCUT2D eigenvalue weighted by molar-refractivity contribution is -0.116. The molecular formula is C16H25NOS. The first-order valence-electron chi connectivity index (χ1n) is 7.32. The van der Waals surface area contributed by atoms with E-state index in [2.05, 4.69) is 12.2 Å². The summed E-state index contributed by atoms with van der Waals surface area (Å²) in [6, 6.07) is 3.99. The first-order chi connectivity index (χ1) is 9.33. The van der Waals surface area contributed by atoms with Crippen LogP contribution < -0.4 is 5.32 Å². The molecule has 1 rings (SSSR count). The van der Waals surface area contributed by atoms with E-state index >= 15 is 0 Å². The Morgan fingerprint density at radius 3 is 2.63 bits per heavy atom. The maximum atomic E-state index is 11.5. The third kappa shape index (κ3) is 8.60. The molecule has 0 atom stereocenters. The molecule has 0 aliphatic heterocycles. The molecule has 0 spiro atoms. The highest BCUT2D eigenvalue weighted by molar-refractivity contribution is 7.10. The van der Waals surface area contributed by atoms with Crippen molar-refractivity contribution in [2.75, 3.05) is 6.54 Å². The predicted octanol–water partition coefficient (Wildman–Crippen LogP) is 4.63. The van der Waals surface area contributed by atoms with E-state index in [9.17, 15) is 4.79 Å². The smallest absolute Gasteiger partial charge is 0.244 e. The van der Waals surface area contributed by atoms with Crippen LogP contribution in [0.15, 0.2) is 23.6 Å². The lowest BCUT2D eigenvalue weighted by atomic mass is 10.1. The van der Waals surface area contributed by atoms with Gasteiger partial charge in [0.2, 0.25) is 5.91 Å². The third-order valence-electron chi connectivity index (χ3n) is 3.02. The zero-order valence-corrected chi connectivity index (χ0v) is 12.7. The highest BCUT2D eigenvalue weighted by atomic mass is 32.1. The number of carbonyl (C=O) groups is 1. The quantitative estimate of drug-likeness (QED) is 0.491. The highest BCUT2D eigenvalue weighted by Crippen LogP contribution is 2.10. The molecule has 0 unspecified atom stereocenters. The molecule has 0 saturated heterocycles. The average molecular weight is 279 g/mol. The van der Waals surface area contributed by atoms with E-state index in [0.29, 0.717) is 0 Å². The Balaban J connectivity index is 1.96. The molecule has 1 heterocycles. The zero-order chi connectivity index (χ0) is 13.8. The molecule has 1 aromatic rings. The first-order valence-corrected chi connectivity index (χ1v) is 8.20. The minimum absolute atomic E-state index is 0.0133. The van der Waals surface area contributed by atoms with Crippen LogP contribution in [0.4, 0.5) is 0 Å². The summed E-state index contributed by atoms with van der Waals surface area (Å²) in [5.41, 5.74) is 0. The molecule has 106 valence electrons. The molecule has 0 saturated carbocycles. The average Bonchev–Trinajstić information content (AvgIpc) is 2.93. The zero-order valence-electron chi connectivity index (χ0n) is 11.9. The van der Waals surface area contributed by atoms with Crippen molar-refractivity contribution < 1.29 is 4.79 Å². The van der Waals surface area contributed by atoms with Crippen LogP contribution in [-0.4, -0.2) is 12.5 Å². The van der Waals surface area contributed by atoms with E-state index in [1.165, 1.54) is 38.5 Å². The Bertz CT molecular complexity index is 357. The summed E-state index contributed by atoms with van der Waals surface area (Å²) in [7, 11) is 0. The van der Waals surface area contributed by atoms with Gasteiger partial charge in [-0.15, -0.1) is 11.3 Å². The predicted molar refractivity (Wildman–Crippen MR) is 84.4 cm³/mol. The lowest BCUT2D eigenvalue weighted by Gasteiger charge is -2.02. The van der Waals surface area contributed by atoms with Crippen molar-refractivity contribution in [3.63, 3.8) is 0 Å². The maximum absolute atomic E-state index is 11.5. The van der Waals surface area contributed by atoms with Crippen LogP contribution in [0.1, 0.15) is 56.7 Å². The second-order valence-electron chi connectivity index (χ2n) is 4.76. The molecular weight excluding hydrogens is 254 g/mol. The van der Waals surface area contributed by atoms with Crippen molar-refractivity contribution >= 4 is 23.3 Å². The number of rotatable bonds is 10. The number of unbranched alkanes of at least 4 members (excludes halogenated alkanes) is 6. The van der Waals surface area contributed by atoms with Gasteiger partial charge in [-0.2, -0.15) is 0 Å². The molecule has 0 aliphatic carbocycles. The van der Waals surface area contributed by atoms with E-state index in [4.69, 9.17) is 0 Å². The van der Waals surface area contributed by atoms with Crippen molar-refractivity contribution in [2.45, 2.75) is 51.9 Å². The summed E-state index contributed by atoms with van der Waals surface area (Å²) in [5, 5.41) is 4.94. The van der Waals surface area contributed by atoms with Crippen LogP contribution in [0, 0.1) is 0 Å². The van der Waals surface area contributed by atoms with Crippen LogP contribution in [0.3, 0.4) is 0 Å². The van der Waals surface area contributed by atoms with E-state index in [1.54, 1.807) is 17.4 Å². The van der Waals surface area contributed by atoms with Gasteiger partial charge in [-0.25, -0.2) is 0 Å². The van der Waals surface area contributed by atoms with E-state index in [-0.39, 0.29) is 5.91 Å². The fraction of sp³-hybridized carbons (Fsp3) is 0.562. The van der Waals surface area contributed by atoms with Crippen LogP contribution in [0.2, 0.25) is 0 Å². The summed E-state index contributed by atoms with van der Waals surface area (Å²) in [6.45, 7) is 3.03. The van der Waals surface area contributed by atoms with Crippen molar-refractivity contribution in [3.8, 4) is 0 Å². The van der Waals surface area contributed by atoms with Crippen molar-refractivity contribution in [1.29, 1.82) is 0 Å². The third-order valence-corrected chi connectivity index (χ3v) is 3.86. The standard InChI is InChI=1S/C16H25NOS/c1-2-3-4-5-6-7-8-13-17-16(18)12-11-15-10-9-14-19-15/h9-12,14H,2-8,13H2,1H3,(H,17,18). The fourth-order valence-corrected chi connectivity index (χ4v) is 2.51. The van der Waals surface area contributed by atoms with Crippen LogP contribution in [0.25, 0.3) is 6.08 Å². The van der Waals surface area contributed by atoms with Gasteiger partial charge >= 0.3 is 0 Å². The molecule has 0 aliphatic rings. The molecule has 0 bridgehead atoms. The molecule has 3 heteroatoms. The van der Waals surface area contributed by atoms with Crippen LogP contribution in [-0.2, 0) is 4.79 Å². The monoisotopic (exact) mass is 279 g/mol. The summed E-state index contributed by atoms with van der Waals surface area (Å²) in [4.78, 5) is 12.6. The van der Waals surface area contributed by atoms with Gasteiger partial charge in [0.25, 0.3) is 0 Å². The number of amides is 1. The van der Waals surface area contributed by atoms with E-state index < -0.39 is 0 Å². The number of carbonyl (C=O) groups excluding carboxylic acids is 1. The summed E-state index contributed by atoms with van der Waals surface area (Å²) < 4.78 is 0. The van der Waals surface area contributed by atoms with Crippen molar-refractivity contribution in [3.05, 3.63) is 28.5 Å². The molecule has 0 fully saturated rings. The SMILES string of the molecule is CCCCCCCCCNC(=O)C=Cc1cccs1. The summed E-state index contributed by atoms with van der Waals surface area (Å²) >= 11 is 1.64. The van der Waals surface area contributed by atoms with Gasteiger partial charge in [0.15, 0.2) is 0 Å². The van der Waals surface area contributed by atoms with Gasteiger partial charge < -0.3 is 5.32 Å². The fourth-order valence-electron chi connectivity index (χ4n) is 1.90. The van der Waals surface area contributed by atoms with Crippen LogP contribution in [0.5, 0.6) is 0 Å². The van der Waals surface area contributed by atoms with E-state index in [1.807, 2.05) is 23.6 Å². The van der Waals surface area contributed by atoms with Gasteiger partial charge in [-0.05, 0) is 23.9 Å². The largest absolute Gasteiger partial charge is 0.353 e. The minimum atomic E-state index is 0.0133. The second kappa shape index (κ2) is 10.8. The number of thiophene rings is 1. The lowest BCUT2D eigenvalue weighted by Crippen LogP contribution is -2.21. The Kier molecular flexibility index (Phi) is 9.07. The van der Waals surface area contributed by atoms with Gasteiger partial charge in [0, 0.05) is 17.5 Å². The van der Waals surface area contributed by atoms with Crippen molar-refractivity contribution in [1.82, 2.24) is 5.32 Å². The van der Waals surface area contributed by atoms with Gasteiger partial charge in [0.05, 0.1) is 0 Å². The Hall–Kier alpha value is -1.09. The number of hydrogen-bond acceptors (Lipinski definition) is 2. The van der Waals surface area contributed by atoms with Crippen LogP contribution >= 0.6 is 11.3 Å². The molecule has 2 nitrogen and oxygen atoms in total. The highest BCUT2D eigenvalue weighted by Gasteiger charge is 1.95. The van der Waals surface area contributed by atoms with Gasteiger partial charge in [-0.1, -0.05) is 51.5 Å². The first kappa shape index (κ1) is 16.0. The summed E-state index contributed by atoms with van der Waals surface area (Å²) in [6.07, 6.45) is 12.4. The Labute approximate surface area is 120 Å². The van der Waals surface area contributed by atoms with Gasteiger partial charge in [-0.3, -0.25) is 4.79 Å². The Morgan fingerprint density at radius 1 is 1.21 bits per heavy atom. The maximum Gasteiger partial charge on any atom is 0.244 e. The molecule has 19 heavy (non-hydrogen) atoms. The molecule has 1 N–H and O–H groups in total. The number of nitrogens with one attached hydrogen (secondary N) is 1. The second-order valence-corrected chi connectivity index (χ2v) is 5.74.